The molecule has 1 aromatic carbocycles. The number of carbonyl (C=O) groups is 2. The van der Waals surface area contributed by atoms with Crippen molar-refractivity contribution >= 4 is 17.6 Å². The fraction of sp³-hybridized carbons (Fsp3) is 0.188. The van der Waals surface area contributed by atoms with Gasteiger partial charge in [-0.25, -0.2) is 9.78 Å². The van der Waals surface area contributed by atoms with Gasteiger partial charge in [-0.3, -0.25) is 4.79 Å². The van der Waals surface area contributed by atoms with Crippen LogP contribution in [0.25, 0.3) is 0 Å². The Morgan fingerprint density at radius 1 is 1.10 bits per heavy atom. The topological polar surface area (TPSA) is 68.3 Å². The molecule has 5 heteroatoms. The molecule has 0 aliphatic rings. The summed E-state index contributed by atoms with van der Waals surface area (Å²) in [7, 11) is 0. The Labute approximate surface area is 123 Å². The van der Waals surface area contributed by atoms with Gasteiger partial charge in [0, 0.05) is 5.69 Å². The Morgan fingerprint density at radius 2 is 1.81 bits per heavy atom. The van der Waals surface area contributed by atoms with E-state index in [2.05, 4.69) is 10.3 Å². The first-order valence-electron chi connectivity index (χ1n) is 6.63. The second-order valence-electron chi connectivity index (χ2n) is 4.40. The maximum Gasteiger partial charge on any atom is 0.356 e. The van der Waals surface area contributed by atoms with E-state index in [0.29, 0.717) is 5.69 Å². The normalized spacial score (nSPS) is 10.0. The summed E-state index contributed by atoms with van der Waals surface area (Å²) in [5, 5.41) is 2.77. The van der Waals surface area contributed by atoms with Crippen molar-refractivity contribution < 1.29 is 14.3 Å². The van der Waals surface area contributed by atoms with Crippen molar-refractivity contribution in [2.75, 3.05) is 11.9 Å². The van der Waals surface area contributed by atoms with Crippen LogP contribution >= 0.6 is 0 Å². The number of benzene rings is 1. The molecule has 1 heterocycles. The lowest BCUT2D eigenvalue weighted by molar-refractivity contribution is 0.0519. The number of nitrogens with one attached hydrogen (secondary N) is 1. The van der Waals surface area contributed by atoms with E-state index in [1.54, 1.807) is 19.1 Å². The molecule has 21 heavy (non-hydrogen) atoms. The molecule has 0 saturated heterocycles. The van der Waals surface area contributed by atoms with E-state index >= 15 is 0 Å². The maximum atomic E-state index is 12.2. The summed E-state index contributed by atoms with van der Waals surface area (Å²) in [6.45, 7) is 3.88. The Bertz CT molecular complexity index is 668. The Morgan fingerprint density at radius 3 is 2.52 bits per heavy atom. The number of nitrogens with zero attached hydrogens (tertiary/aromatic N) is 1. The summed E-state index contributed by atoms with van der Waals surface area (Å²) < 4.78 is 4.87. The standard InChI is InChI=1S/C16H16N2O3/c1-3-21-16(20)14-10-6-9-13(17-14)15(19)18-12-8-5-4-7-11(12)2/h4-10H,3H2,1-2H3,(H,18,19). The van der Waals surface area contributed by atoms with Crippen LogP contribution in [0.3, 0.4) is 0 Å². The average molecular weight is 284 g/mol. The molecule has 1 amide bonds. The summed E-state index contributed by atoms with van der Waals surface area (Å²) in [4.78, 5) is 27.8. The van der Waals surface area contributed by atoms with Gasteiger partial charge in [0.2, 0.25) is 0 Å². The number of aromatic nitrogens is 1. The Kier molecular flexibility index (Phi) is 4.66. The molecule has 0 aliphatic carbocycles. The molecule has 0 atom stereocenters. The van der Waals surface area contributed by atoms with Gasteiger partial charge < -0.3 is 10.1 Å². The van der Waals surface area contributed by atoms with Crippen LogP contribution in [0.1, 0.15) is 33.5 Å². The van der Waals surface area contributed by atoms with Gasteiger partial charge in [-0.1, -0.05) is 24.3 Å². The monoisotopic (exact) mass is 284 g/mol. The molecule has 2 aromatic rings. The number of ether oxygens (including phenoxy) is 1. The lowest BCUT2D eigenvalue weighted by Gasteiger charge is -2.08. The number of hydrogen-bond donors (Lipinski definition) is 1. The lowest BCUT2D eigenvalue weighted by Crippen LogP contribution is -2.16. The van der Waals surface area contributed by atoms with Gasteiger partial charge in [0.05, 0.1) is 6.61 Å². The molecule has 1 aromatic heterocycles. The summed E-state index contributed by atoms with van der Waals surface area (Å²) in [6.07, 6.45) is 0. The van der Waals surface area contributed by atoms with Crippen LogP contribution in [-0.2, 0) is 4.74 Å². The SMILES string of the molecule is CCOC(=O)c1cccc(C(=O)Nc2ccccc2C)n1. The highest BCUT2D eigenvalue weighted by atomic mass is 16.5. The van der Waals surface area contributed by atoms with Crippen molar-refractivity contribution in [2.24, 2.45) is 0 Å². The van der Waals surface area contributed by atoms with Gasteiger partial charge in [0.15, 0.2) is 0 Å². The van der Waals surface area contributed by atoms with Crippen molar-refractivity contribution in [1.29, 1.82) is 0 Å². The van der Waals surface area contributed by atoms with E-state index < -0.39 is 5.97 Å². The highest BCUT2D eigenvalue weighted by Gasteiger charge is 2.13. The predicted molar refractivity (Wildman–Crippen MR) is 79.3 cm³/mol. The molecule has 2 rings (SSSR count). The predicted octanol–water partition coefficient (Wildman–Crippen LogP) is 2.82. The molecule has 108 valence electrons. The minimum Gasteiger partial charge on any atom is -0.461 e. The molecule has 0 bridgehead atoms. The fourth-order valence-corrected chi connectivity index (χ4v) is 1.78. The minimum absolute atomic E-state index is 0.120. The zero-order chi connectivity index (χ0) is 15.2. The molecule has 0 aliphatic heterocycles. The summed E-state index contributed by atoms with van der Waals surface area (Å²) in [5.41, 5.74) is 1.95. The third-order valence-corrected chi connectivity index (χ3v) is 2.86. The zero-order valence-electron chi connectivity index (χ0n) is 11.9. The fourth-order valence-electron chi connectivity index (χ4n) is 1.78. The number of rotatable bonds is 4. The second-order valence-corrected chi connectivity index (χ2v) is 4.40. The van der Waals surface area contributed by atoms with E-state index in [4.69, 9.17) is 4.74 Å². The molecule has 0 spiro atoms. The van der Waals surface area contributed by atoms with Crippen molar-refractivity contribution in [2.45, 2.75) is 13.8 Å². The Hall–Kier alpha value is -2.69. The van der Waals surface area contributed by atoms with E-state index in [0.717, 1.165) is 5.56 Å². The quantitative estimate of drug-likeness (QED) is 0.877. The first kappa shape index (κ1) is 14.7. The number of hydrogen-bond acceptors (Lipinski definition) is 4. The highest BCUT2D eigenvalue weighted by Crippen LogP contribution is 2.14. The Balaban J connectivity index is 2.18. The number of anilines is 1. The smallest absolute Gasteiger partial charge is 0.356 e. The van der Waals surface area contributed by atoms with Crippen LogP contribution in [0, 0.1) is 6.92 Å². The van der Waals surface area contributed by atoms with E-state index in [-0.39, 0.29) is 23.9 Å². The molecule has 1 N–H and O–H groups in total. The molecule has 5 nitrogen and oxygen atoms in total. The number of carbonyl (C=O) groups excluding carboxylic acids is 2. The summed E-state index contributed by atoms with van der Waals surface area (Å²) in [5.74, 6) is -0.904. The number of aryl methyl sites for hydroxylation is 1. The molecule has 0 unspecified atom stereocenters. The van der Waals surface area contributed by atoms with Gasteiger partial charge in [-0.05, 0) is 37.6 Å². The van der Waals surface area contributed by atoms with Crippen LogP contribution in [-0.4, -0.2) is 23.5 Å². The first-order chi connectivity index (χ1) is 10.1. The number of esters is 1. The van der Waals surface area contributed by atoms with Crippen molar-refractivity contribution in [3.05, 3.63) is 59.4 Å². The van der Waals surface area contributed by atoms with Crippen molar-refractivity contribution in [1.82, 2.24) is 4.98 Å². The average Bonchev–Trinajstić information content (AvgIpc) is 2.50. The van der Waals surface area contributed by atoms with Crippen molar-refractivity contribution in [3.63, 3.8) is 0 Å². The van der Waals surface area contributed by atoms with Crippen molar-refractivity contribution in [3.8, 4) is 0 Å². The lowest BCUT2D eigenvalue weighted by atomic mass is 10.2. The van der Waals surface area contributed by atoms with E-state index in [9.17, 15) is 9.59 Å². The number of pyridine rings is 1. The zero-order valence-corrected chi connectivity index (χ0v) is 11.9. The second kappa shape index (κ2) is 6.65. The van der Waals surface area contributed by atoms with Crippen LogP contribution in [0.5, 0.6) is 0 Å². The maximum absolute atomic E-state index is 12.2. The third-order valence-electron chi connectivity index (χ3n) is 2.86. The van der Waals surface area contributed by atoms with Crippen LogP contribution < -0.4 is 5.32 Å². The van der Waals surface area contributed by atoms with Crippen LogP contribution in [0.2, 0.25) is 0 Å². The third kappa shape index (κ3) is 3.66. The molecule has 0 fully saturated rings. The van der Waals surface area contributed by atoms with Gasteiger partial charge in [0.25, 0.3) is 5.91 Å². The molecular formula is C16H16N2O3. The highest BCUT2D eigenvalue weighted by molar-refractivity contribution is 6.03. The van der Waals surface area contributed by atoms with Gasteiger partial charge in [-0.2, -0.15) is 0 Å². The number of para-hydroxylation sites is 1. The summed E-state index contributed by atoms with van der Waals surface area (Å²) in [6, 6.07) is 12.1. The largest absolute Gasteiger partial charge is 0.461 e. The van der Waals surface area contributed by atoms with Crippen LogP contribution in [0.15, 0.2) is 42.5 Å². The van der Waals surface area contributed by atoms with E-state index in [1.807, 2.05) is 31.2 Å². The van der Waals surface area contributed by atoms with Crippen LogP contribution in [0.4, 0.5) is 5.69 Å². The number of amides is 1. The molecule has 0 radical (unpaired) electrons. The minimum atomic E-state index is -0.539. The molecule has 0 saturated carbocycles. The van der Waals surface area contributed by atoms with Gasteiger partial charge >= 0.3 is 5.97 Å². The van der Waals surface area contributed by atoms with Gasteiger partial charge in [-0.15, -0.1) is 0 Å². The first-order valence-corrected chi connectivity index (χ1v) is 6.63. The summed E-state index contributed by atoms with van der Waals surface area (Å²) >= 11 is 0. The van der Waals surface area contributed by atoms with E-state index in [1.165, 1.54) is 6.07 Å². The molecular weight excluding hydrogens is 268 g/mol. The van der Waals surface area contributed by atoms with Gasteiger partial charge in [0.1, 0.15) is 11.4 Å².